The molecule has 0 aliphatic heterocycles. The highest BCUT2D eigenvalue weighted by molar-refractivity contribution is 7.15. The molecule has 2 heterocycles. The summed E-state index contributed by atoms with van der Waals surface area (Å²) in [7, 11) is 0. The van der Waals surface area contributed by atoms with Gasteiger partial charge in [-0.3, -0.25) is 4.79 Å². The average Bonchev–Trinajstić information content (AvgIpc) is 3.23. The fourth-order valence-electron chi connectivity index (χ4n) is 2.02. The molecule has 124 valence electrons. The van der Waals surface area contributed by atoms with Crippen molar-refractivity contribution in [3.63, 3.8) is 0 Å². The molecule has 6 nitrogen and oxygen atoms in total. The largest absolute Gasteiger partial charge is 0.441 e. The summed E-state index contributed by atoms with van der Waals surface area (Å²) < 4.78 is 18.5. The lowest BCUT2D eigenvalue weighted by Crippen LogP contribution is -2.12. The van der Waals surface area contributed by atoms with Gasteiger partial charge in [-0.25, -0.2) is 9.37 Å². The van der Waals surface area contributed by atoms with E-state index in [1.807, 2.05) is 6.92 Å². The summed E-state index contributed by atoms with van der Waals surface area (Å²) in [6, 6.07) is 5.95. The number of carbonyl (C=O) groups is 1. The highest BCUT2D eigenvalue weighted by Gasteiger charge is 2.11. The molecular formula is C16H15FN4O2S. The van der Waals surface area contributed by atoms with Crippen molar-refractivity contribution in [1.29, 1.82) is 0 Å². The summed E-state index contributed by atoms with van der Waals surface area (Å²) in [5, 5.41) is 11.9. The van der Waals surface area contributed by atoms with Crippen molar-refractivity contribution in [2.45, 2.75) is 26.2 Å². The molecule has 0 saturated heterocycles. The molecule has 3 rings (SSSR count). The zero-order valence-electron chi connectivity index (χ0n) is 13.0. The maximum atomic E-state index is 12.9. The van der Waals surface area contributed by atoms with Gasteiger partial charge in [0.2, 0.25) is 11.0 Å². The van der Waals surface area contributed by atoms with E-state index in [0.29, 0.717) is 23.2 Å². The molecule has 0 aliphatic rings. The minimum Gasteiger partial charge on any atom is -0.441 e. The average molecular weight is 346 g/mol. The van der Waals surface area contributed by atoms with Crippen LogP contribution in [0.25, 0.3) is 11.3 Å². The molecule has 0 aliphatic carbocycles. The van der Waals surface area contributed by atoms with Crippen molar-refractivity contribution in [3.8, 4) is 11.3 Å². The SMILES string of the molecule is CCc1nnc(NC(=O)CCc2ncc(-c3ccc(F)cc3)o2)s1. The molecule has 2 aromatic heterocycles. The van der Waals surface area contributed by atoms with Crippen molar-refractivity contribution in [1.82, 2.24) is 15.2 Å². The van der Waals surface area contributed by atoms with Crippen molar-refractivity contribution in [2.75, 3.05) is 5.32 Å². The Balaban J connectivity index is 1.55. The van der Waals surface area contributed by atoms with Crippen molar-refractivity contribution < 1.29 is 13.6 Å². The maximum Gasteiger partial charge on any atom is 0.226 e. The van der Waals surface area contributed by atoms with Crippen LogP contribution in [0, 0.1) is 5.82 Å². The Morgan fingerprint density at radius 1 is 1.29 bits per heavy atom. The Bertz CT molecular complexity index is 829. The Morgan fingerprint density at radius 3 is 2.79 bits per heavy atom. The van der Waals surface area contributed by atoms with Crippen LogP contribution >= 0.6 is 11.3 Å². The van der Waals surface area contributed by atoms with Crippen LogP contribution in [0.15, 0.2) is 34.9 Å². The monoisotopic (exact) mass is 346 g/mol. The number of halogens is 1. The molecule has 0 bridgehead atoms. The molecule has 0 spiro atoms. The predicted molar refractivity (Wildman–Crippen MR) is 88.1 cm³/mol. The van der Waals surface area contributed by atoms with E-state index >= 15 is 0 Å². The number of rotatable bonds is 6. The zero-order valence-corrected chi connectivity index (χ0v) is 13.8. The van der Waals surface area contributed by atoms with E-state index in [2.05, 4.69) is 20.5 Å². The third-order valence-corrected chi connectivity index (χ3v) is 4.25. The van der Waals surface area contributed by atoms with E-state index < -0.39 is 0 Å². The summed E-state index contributed by atoms with van der Waals surface area (Å²) in [5.74, 6) is 0.520. The molecule has 3 aromatic rings. The van der Waals surface area contributed by atoms with E-state index in [0.717, 1.165) is 17.0 Å². The second-order valence-electron chi connectivity index (χ2n) is 5.03. The number of oxazole rings is 1. The smallest absolute Gasteiger partial charge is 0.226 e. The Hall–Kier alpha value is -2.61. The van der Waals surface area contributed by atoms with Crippen LogP contribution in [-0.4, -0.2) is 21.1 Å². The molecular weight excluding hydrogens is 331 g/mol. The fraction of sp³-hybridized carbons (Fsp3) is 0.250. The van der Waals surface area contributed by atoms with Crippen LogP contribution in [-0.2, 0) is 17.6 Å². The molecule has 0 saturated carbocycles. The lowest BCUT2D eigenvalue weighted by molar-refractivity contribution is -0.116. The number of aryl methyl sites for hydroxylation is 2. The van der Waals surface area contributed by atoms with Crippen LogP contribution < -0.4 is 5.32 Å². The summed E-state index contributed by atoms with van der Waals surface area (Å²) in [6.45, 7) is 1.98. The van der Waals surface area contributed by atoms with Gasteiger partial charge in [-0.1, -0.05) is 18.3 Å². The van der Waals surface area contributed by atoms with Gasteiger partial charge in [0.25, 0.3) is 0 Å². The first kappa shape index (κ1) is 16.3. The summed E-state index contributed by atoms with van der Waals surface area (Å²) in [4.78, 5) is 16.1. The van der Waals surface area contributed by atoms with E-state index in [-0.39, 0.29) is 18.1 Å². The standard InChI is InChI=1S/C16H15FN4O2S/c1-2-15-20-21-16(24-15)19-13(22)7-8-14-18-9-12(23-14)10-3-5-11(17)6-4-10/h3-6,9H,2,7-8H2,1H3,(H,19,21,22). The van der Waals surface area contributed by atoms with Gasteiger partial charge in [0, 0.05) is 18.4 Å². The first-order valence-electron chi connectivity index (χ1n) is 7.47. The topological polar surface area (TPSA) is 80.9 Å². The number of amides is 1. The first-order chi connectivity index (χ1) is 11.6. The van der Waals surface area contributed by atoms with Crippen molar-refractivity contribution in [3.05, 3.63) is 47.2 Å². The molecule has 1 aromatic carbocycles. The van der Waals surface area contributed by atoms with Crippen LogP contribution in [0.3, 0.4) is 0 Å². The molecule has 24 heavy (non-hydrogen) atoms. The molecule has 0 radical (unpaired) electrons. The third kappa shape index (κ3) is 4.02. The number of carbonyl (C=O) groups excluding carboxylic acids is 1. The van der Waals surface area contributed by atoms with Gasteiger partial charge < -0.3 is 9.73 Å². The molecule has 1 N–H and O–H groups in total. The number of aromatic nitrogens is 3. The van der Waals surface area contributed by atoms with E-state index in [1.165, 1.54) is 23.5 Å². The second kappa shape index (κ2) is 7.31. The van der Waals surface area contributed by atoms with E-state index in [9.17, 15) is 9.18 Å². The molecule has 0 atom stereocenters. The maximum absolute atomic E-state index is 12.9. The van der Waals surface area contributed by atoms with E-state index in [4.69, 9.17) is 4.42 Å². The van der Waals surface area contributed by atoms with Crippen molar-refractivity contribution >= 4 is 22.4 Å². The van der Waals surface area contributed by atoms with Crippen LogP contribution in [0.1, 0.15) is 24.2 Å². The number of hydrogen-bond donors (Lipinski definition) is 1. The van der Waals surface area contributed by atoms with Gasteiger partial charge in [-0.2, -0.15) is 0 Å². The van der Waals surface area contributed by atoms with Gasteiger partial charge in [-0.15, -0.1) is 10.2 Å². The minimum atomic E-state index is -0.307. The van der Waals surface area contributed by atoms with Crippen LogP contribution in [0.4, 0.5) is 9.52 Å². The van der Waals surface area contributed by atoms with Crippen LogP contribution in [0.5, 0.6) is 0 Å². The number of hydrogen-bond acceptors (Lipinski definition) is 6. The molecule has 8 heteroatoms. The molecule has 1 amide bonds. The van der Waals surface area contributed by atoms with Gasteiger partial charge in [-0.05, 0) is 30.7 Å². The number of nitrogens with one attached hydrogen (secondary N) is 1. The van der Waals surface area contributed by atoms with Gasteiger partial charge in [0.15, 0.2) is 11.7 Å². The minimum absolute atomic E-state index is 0.171. The third-order valence-electron chi connectivity index (χ3n) is 3.26. The van der Waals surface area contributed by atoms with Gasteiger partial charge >= 0.3 is 0 Å². The first-order valence-corrected chi connectivity index (χ1v) is 8.28. The second-order valence-corrected chi connectivity index (χ2v) is 6.09. The lowest BCUT2D eigenvalue weighted by atomic mass is 10.2. The lowest BCUT2D eigenvalue weighted by Gasteiger charge is -1.99. The highest BCUT2D eigenvalue weighted by Crippen LogP contribution is 2.21. The highest BCUT2D eigenvalue weighted by atomic mass is 32.1. The van der Waals surface area contributed by atoms with Crippen LogP contribution in [0.2, 0.25) is 0 Å². The molecule has 0 fully saturated rings. The number of anilines is 1. The van der Waals surface area contributed by atoms with Crippen molar-refractivity contribution in [2.24, 2.45) is 0 Å². The van der Waals surface area contributed by atoms with Gasteiger partial charge in [0.1, 0.15) is 10.8 Å². The predicted octanol–water partition coefficient (Wildman–Crippen LogP) is 3.47. The summed E-state index contributed by atoms with van der Waals surface area (Å²) >= 11 is 1.36. The normalized spacial score (nSPS) is 10.8. The zero-order chi connectivity index (χ0) is 16.9. The fourth-order valence-corrected chi connectivity index (χ4v) is 2.72. The summed E-state index contributed by atoms with van der Waals surface area (Å²) in [6.07, 6.45) is 2.95. The number of benzene rings is 1. The Kier molecular flexibility index (Phi) is 4.95. The van der Waals surface area contributed by atoms with Gasteiger partial charge in [0.05, 0.1) is 6.20 Å². The quantitative estimate of drug-likeness (QED) is 0.739. The Labute approximate surface area is 141 Å². The molecule has 0 unspecified atom stereocenters. The van der Waals surface area contributed by atoms with E-state index in [1.54, 1.807) is 18.3 Å². The summed E-state index contributed by atoms with van der Waals surface area (Å²) in [5.41, 5.74) is 0.737. The number of nitrogens with zero attached hydrogens (tertiary/aromatic N) is 3. The Morgan fingerprint density at radius 2 is 2.08 bits per heavy atom.